The molecule has 1 amide bonds. The molecule has 1 heterocycles. The van der Waals surface area contributed by atoms with Gasteiger partial charge in [-0.15, -0.1) is 0 Å². The van der Waals surface area contributed by atoms with E-state index in [1.54, 1.807) is 19.1 Å². The highest BCUT2D eigenvalue weighted by atomic mass is 16.5. The maximum absolute atomic E-state index is 12.1. The first kappa shape index (κ1) is 15.2. The van der Waals surface area contributed by atoms with Crippen LogP contribution in [-0.4, -0.2) is 42.6 Å². The lowest BCUT2D eigenvalue weighted by Crippen LogP contribution is -2.41. The molecule has 1 aromatic rings. The molecule has 2 rings (SSSR count). The third kappa shape index (κ3) is 2.94. The number of carbonyl (C=O) groups excluding carboxylic acids is 1. The zero-order chi connectivity index (χ0) is 15.6. The number of hydrogen-bond donors (Lipinski definition) is 1. The summed E-state index contributed by atoms with van der Waals surface area (Å²) >= 11 is 0. The number of nitrogens with zero attached hydrogens (tertiary/aromatic N) is 1. The van der Waals surface area contributed by atoms with Gasteiger partial charge >= 0.3 is 5.97 Å². The summed E-state index contributed by atoms with van der Waals surface area (Å²) < 4.78 is 10.5. The average Bonchev–Trinajstić information content (AvgIpc) is 2.51. The summed E-state index contributed by atoms with van der Waals surface area (Å²) in [6, 6.07) is 3.76. The highest BCUT2D eigenvalue weighted by Crippen LogP contribution is 2.33. The minimum absolute atomic E-state index is 0.358. The molecular weight excluding hydrogens is 274 g/mol. The standard InChI is InChI=1S/C15H19NO5/c1-9(15(18)19)14(17)16-5-4-10-6-12(20-2)13(21-3)7-11(10)8-16/h6-7,9H,4-5,8H2,1-3H3,(H,18,19). The van der Waals surface area contributed by atoms with E-state index in [2.05, 4.69) is 0 Å². The van der Waals surface area contributed by atoms with E-state index in [0.29, 0.717) is 31.0 Å². The van der Waals surface area contributed by atoms with E-state index in [0.717, 1.165) is 11.1 Å². The Balaban J connectivity index is 2.24. The zero-order valence-electron chi connectivity index (χ0n) is 12.4. The first-order valence-electron chi connectivity index (χ1n) is 6.73. The normalized spacial score (nSPS) is 15.1. The second-order valence-corrected chi connectivity index (χ2v) is 5.05. The summed E-state index contributed by atoms with van der Waals surface area (Å²) in [5.41, 5.74) is 2.06. The van der Waals surface area contributed by atoms with Gasteiger partial charge in [-0.2, -0.15) is 0 Å². The Hall–Kier alpha value is -2.24. The number of fused-ring (bicyclic) bond motifs is 1. The Kier molecular flexibility index (Phi) is 4.35. The Labute approximate surface area is 123 Å². The van der Waals surface area contributed by atoms with Crippen molar-refractivity contribution in [1.82, 2.24) is 4.90 Å². The van der Waals surface area contributed by atoms with Gasteiger partial charge in [0.1, 0.15) is 5.92 Å². The first-order valence-corrected chi connectivity index (χ1v) is 6.73. The van der Waals surface area contributed by atoms with E-state index in [-0.39, 0.29) is 5.91 Å². The van der Waals surface area contributed by atoms with Crippen LogP contribution in [0.5, 0.6) is 11.5 Å². The van der Waals surface area contributed by atoms with Crippen LogP contribution < -0.4 is 9.47 Å². The molecule has 114 valence electrons. The summed E-state index contributed by atoms with van der Waals surface area (Å²) in [4.78, 5) is 24.6. The fraction of sp³-hybridized carbons (Fsp3) is 0.467. The van der Waals surface area contributed by atoms with Crippen LogP contribution in [0.15, 0.2) is 12.1 Å². The van der Waals surface area contributed by atoms with Gasteiger partial charge < -0.3 is 19.5 Å². The Bertz CT molecular complexity index is 569. The molecule has 0 saturated heterocycles. The van der Waals surface area contributed by atoms with Crippen molar-refractivity contribution in [3.8, 4) is 11.5 Å². The van der Waals surface area contributed by atoms with Crippen molar-refractivity contribution in [1.29, 1.82) is 0 Å². The van der Waals surface area contributed by atoms with Crippen molar-refractivity contribution in [2.24, 2.45) is 5.92 Å². The third-order valence-corrected chi connectivity index (χ3v) is 3.77. The lowest BCUT2D eigenvalue weighted by atomic mass is 9.97. The molecule has 0 spiro atoms. The topological polar surface area (TPSA) is 76.1 Å². The number of benzene rings is 1. The van der Waals surface area contributed by atoms with Gasteiger partial charge in [0.2, 0.25) is 5.91 Å². The number of aliphatic carboxylic acids is 1. The predicted molar refractivity (Wildman–Crippen MR) is 75.5 cm³/mol. The molecule has 6 heteroatoms. The van der Waals surface area contributed by atoms with E-state index in [1.807, 2.05) is 12.1 Å². The van der Waals surface area contributed by atoms with Crippen molar-refractivity contribution in [2.75, 3.05) is 20.8 Å². The van der Waals surface area contributed by atoms with Crippen LogP contribution in [0.2, 0.25) is 0 Å². The monoisotopic (exact) mass is 293 g/mol. The number of carboxylic acid groups (broad SMARTS) is 1. The molecule has 21 heavy (non-hydrogen) atoms. The maximum atomic E-state index is 12.1. The maximum Gasteiger partial charge on any atom is 0.315 e. The minimum Gasteiger partial charge on any atom is -0.493 e. The number of ether oxygens (including phenoxy) is 2. The van der Waals surface area contributed by atoms with Gasteiger partial charge in [0, 0.05) is 13.1 Å². The zero-order valence-corrected chi connectivity index (χ0v) is 12.4. The molecule has 0 saturated carbocycles. The molecule has 1 unspecified atom stereocenters. The summed E-state index contributed by atoms with van der Waals surface area (Å²) in [5.74, 6) is -1.21. The second kappa shape index (κ2) is 6.03. The number of methoxy groups -OCH3 is 2. The van der Waals surface area contributed by atoms with Gasteiger partial charge in [0.25, 0.3) is 0 Å². The van der Waals surface area contributed by atoms with E-state index in [9.17, 15) is 9.59 Å². The van der Waals surface area contributed by atoms with Crippen molar-refractivity contribution >= 4 is 11.9 Å². The molecule has 1 N–H and O–H groups in total. The Morgan fingerprint density at radius 1 is 1.19 bits per heavy atom. The molecule has 0 radical (unpaired) electrons. The molecule has 0 aliphatic carbocycles. The lowest BCUT2D eigenvalue weighted by molar-refractivity contribution is -0.150. The fourth-order valence-electron chi connectivity index (χ4n) is 2.45. The van der Waals surface area contributed by atoms with Crippen molar-refractivity contribution in [3.05, 3.63) is 23.3 Å². The van der Waals surface area contributed by atoms with Gasteiger partial charge in [-0.05, 0) is 36.6 Å². The van der Waals surface area contributed by atoms with E-state index in [1.165, 1.54) is 6.92 Å². The number of rotatable bonds is 4. The van der Waals surface area contributed by atoms with Gasteiger partial charge in [0.05, 0.1) is 14.2 Å². The number of carbonyl (C=O) groups is 2. The molecule has 0 aromatic heterocycles. The second-order valence-electron chi connectivity index (χ2n) is 5.05. The molecule has 0 bridgehead atoms. The van der Waals surface area contributed by atoms with E-state index >= 15 is 0 Å². The minimum atomic E-state index is -1.10. The van der Waals surface area contributed by atoms with E-state index < -0.39 is 11.9 Å². The first-order chi connectivity index (χ1) is 9.97. The summed E-state index contributed by atoms with van der Waals surface area (Å²) in [6.45, 7) is 2.32. The number of hydrogen-bond acceptors (Lipinski definition) is 4. The molecule has 1 aliphatic heterocycles. The van der Waals surface area contributed by atoms with Gasteiger partial charge in [-0.25, -0.2) is 0 Å². The van der Waals surface area contributed by atoms with Crippen molar-refractivity contribution in [2.45, 2.75) is 19.9 Å². The highest BCUT2D eigenvalue weighted by Gasteiger charge is 2.29. The molecule has 1 aromatic carbocycles. The number of amides is 1. The quantitative estimate of drug-likeness (QED) is 0.847. The molecule has 1 aliphatic rings. The summed E-state index contributed by atoms with van der Waals surface area (Å²) in [5, 5.41) is 8.94. The van der Waals surface area contributed by atoms with Crippen LogP contribution >= 0.6 is 0 Å². The number of carboxylic acids is 1. The fourth-order valence-corrected chi connectivity index (χ4v) is 2.45. The average molecular weight is 293 g/mol. The van der Waals surface area contributed by atoms with Gasteiger partial charge in [-0.3, -0.25) is 9.59 Å². The highest BCUT2D eigenvalue weighted by molar-refractivity contribution is 5.96. The van der Waals surface area contributed by atoms with Crippen LogP contribution in [0.3, 0.4) is 0 Å². The van der Waals surface area contributed by atoms with Crippen LogP contribution in [0, 0.1) is 5.92 Å². The summed E-state index contributed by atoms with van der Waals surface area (Å²) in [7, 11) is 3.14. The van der Waals surface area contributed by atoms with Crippen LogP contribution in [0.4, 0.5) is 0 Å². The van der Waals surface area contributed by atoms with Gasteiger partial charge in [0.15, 0.2) is 11.5 Å². The molecule has 0 fully saturated rings. The lowest BCUT2D eigenvalue weighted by Gasteiger charge is -2.30. The third-order valence-electron chi connectivity index (χ3n) is 3.77. The van der Waals surface area contributed by atoms with Crippen molar-refractivity contribution in [3.63, 3.8) is 0 Å². The van der Waals surface area contributed by atoms with E-state index in [4.69, 9.17) is 14.6 Å². The smallest absolute Gasteiger partial charge is 0.315 e. The molecular formula is C15H19NO5. The van der Waals surface area contributed by atoms with Crippen LogP contribution in [-0.2, 0) is 22.6 Å². The predicted octanol–water partition coefficient (Wildman–Crippen LogP) is 1.31. The summed E-state index contributed by atoms with van der Waals surface area (Å²) in [6.07, 6.45) is 0.674. The van der Waals surface area contributed by atoms with Crippen LogP contribution in [0.1, 0.15) is 18.1 Å². The van der Waals surface area contributed by atoms with Gasteiger partial charge in [-0.1, -0.05) is 0 Å². The molecule has 6 nitrogen and oxygen atoms in total. The SMILES string of the molecule is COc1cc2c(cc1OC)CN(C(=O)C(C)C(=O)O)CC2. The largest absolute Gasteiger partial charge is 0.493 e. The van der Waals surface area contributed by atoms with Crippen molar-refractivity contribution < 1.29 is 24.2 Å². The Morgan fingerprint density at radius 3 is 2.29 bits per heavy atom. The molecule has 1 atom stereocenters. The Morgan fingerprint density at radius 2 is 1.76 bits per heavy atom. The van der Waals surface area contributed by atoms with Crippen LogP contribution in [0.25, 0.3) is 0 Å².